The van der Waals surface area contributed by atoms with E-state index in [1.807, 2.05) is 17.0 Å². The first kappa shape index (κ1) is 18.2. The molecule has 0 aromatic carbocycles. The quantitative estimate of drug-likeness (QED) is 0.795. The van der Waals surface area contributed by atoms with Gasteiger partial charge in [0.1, 0.15) is 5.82 Å². The first-order valence-electron chi connectivity index (χ1n) is 9.82. The molecule has 2 heterocycles. The zero-order valence-electron chi connectivity index (χ0n) is 15.8. The third kappa shape index (κ3) is 4.72. The molecule has 0 unspecified atom stereocenters. The molecule has 1 saturated heterocycles. The molecule has 0 N–H and O–H groups in total. The Hall–Kier alpha value is -1.62. The molecule has 1 aromatic heterocycles. The second-order valence-corrected chi connectivity index (χ2v) is 7.60. The van der Waals surface area contributed by atoms with Gasteiger partial charge in [-0.1, -0.05) is 12.8 Å². The molecule has 25 heavy (non-hydrogen) atoms. The average Bonchev–Trinajstić information content (AvgIpc) is 3.21. The van der Waals surface area contributed by atoms with Crippen LogP contribution in [0.2, 0.25) is 0 Å². The van der Waals surface area contributed by atoms with E-state index < -0.39 is 0 Å². The molecular weight excluding hydrogens is 312 g/mol. The van der Waals surface area contributed by atoms with Crippen LogP contribution in [0.15, 0.2) is 18.3 Å². The summed E-state index contributed by atoms with van der Waals surface area (Å²) in [5, 5.41) is 0. The lowest BCUT2D eigenvalue weighted by Gasteiger charge is -2.28. The van der Waals surface area contributed by atoms with Crippen molar-refractivity contribution in [3.63, 3.8) is 0 Å². The summed E-state index contributed by atoms with van der Waals surface area (Å²) >= 11 is 0. The van der Waals surface area contributed by atoms with Crippen LogP contribution in [0.5, 0.6) is 0 Å². The van der Waals surface area contributed by atoms with Crippen molar-refractivity contribution in [2.45, 2.75) is 51.0 Å². The minimum atomic E-state index is 0.153. The highest BCUT2D eigenvalue weighted by Gasteiger charge is 2.21. The summed E-state index contributed by atoms with van der Waals surface area (Å²) in [5.74, 6) is 1.04. The number of carbonyl (C=O) groups is 1. The van der Waals surface area contributed by atoms with E-state index in [0.29, 0.717) is 0 Å². The fraction of sp³-hybridized carbons (Fsp3) is 0.700. The van der Waals surface area contributed by atoms with Gasteiger partial charge in [0, 0.05) is 51.0 Å². The van der Waals surface area contributed by atoms with Crippen LogP contribution < -0.4 is 4.90 Å². The molecule has 2 fully saturated rings. The molecule has 138 valence electrons. The summed E-state index contributed by atoms with van der Waals surface area (Å²) in [6, 6.07) is 4.54. The Morgan fingerprint density at radius 1 is 1.12 bits per heavy atom. The molecule has 3 rings (SSSR count). The van der Waals surface area contributed by atoms with Gasteiger partial charge in [0.2, 0.25) is 0 Å². The van der Waals surface area contributed by atoms with Crippen LogP contribution in [0, 0.1) is 0 Å². The lowest BCUT2D eigenvalue weighted by atomic mass is 10.1. The van der Waals surface area contributed by atoms with Gasteiger partial charge in [0.25, 0.3) is 5.91 Å². The number of aromatic nitrogens is 1. The summed E-state index contributed by atoms with van der Waals surface area (Å²) in [6.07, 6.45) is 10.6. The Balaban J connectivity index is 1.57. The minimum Gasteiger partial charge on any atom is -0.358 e. The maximum absolute atomic E-state index is 12.7. The van der Waals surface area contributed by atoms with E-state index in [1.54, 1.807) is 6.20 Å². The summed E-state index contributed by atoms with van der Waals surface area (Å²) in [5.41, 5.74) is 0.767. The number of likely N-dealkylation sites (tertiary alicyclic amines) is 1. The molecule has 1 aromatic rings. The number of likely N-dealkylation sites (N-methyl/N-ethyl adjacent to an activating group) is 2. The number of piperidine rings is 1. The first-order chi connectivity index (χ1) is 12.1. The van der Waals surface area contributed by atoms with Gasteiger partial charge in [-0.05, 0) is 51.3 Å². The lowest BCUT2D eigenvalue weighted by Crippen LogP contribution is -2.37. The van der Waals surface area contributed by atoms with Crippen LogP contribution in [0.3, 0.4) is 0 Å². The largest absolute Gasteiger partial charge is 0.358 e. The zero-order chi connectivity index (χ0) is 17.6. The van der Waals surface area contributed by atoms with Crippen molar-refractivity contribution < 1.29 is 4.79 Å². The molecule has 0 atom stereocenters. The van der Waals surface area contributed by atoms with Crippen LogP contribution in [0.25, 0.3) is 0 Å². The van der Waals surface area contributed by atoms with E-state index in [2.05, 4.69) is 28.9 Å². The van der Waals surface area contributed by atoms with Gasteiger partial charge in [0.15, 0.2) is 0 Å². The maximum Gasteiger partial charge on any atom is 0.254 e. The standard InChI is InChI=1S/C20H32N4O/c1-22(18-8-4-5-9-18)14-15-23(2)19-16-17(10-11-21-19)20(25)24-12-6-3-7-13-24/h10-11,16,18H,3-9,12-15H2,1-2H3. The molecule has 5 nitrogen and oxygen atoms in total. The van der Waals surface area contributed by atoms with E-state index in [0.717, 1.165) is 56.4 Å². The number of carbonyl (C=O) groups excluding carboxylic acids is 1. The van der Waals surface area contributed by atoms with Crippen LogP contribution >= 0.6 is 0 Å². The van der Waals surface area contributed by atoms with Gasteiger partial charge in [-0.3, -0.25) is 4.79 Å². The van der Waals surface area contributed by atoms with Gasteiger partial charge in [-0.25, -0.2) is 4.98 Å². The van der Waals surface area contributed by atoms with Crippen molar-refractivity contribution in [2.24, 2.45) is 0 Å². The van der Waals surface area contributed by atoms with E-state index in [9.17, 15) is 4.79 Å². The highest BCUT2D eigenvalue weighted by Crippen LogP contribution is 2.22. The Labute approximate surface area is 152 Å². The second kappa shape index (κ2) is 8.65. The third-order valence-corrected chi connectivity index (χ3v) is 5.76. The zero-order valence-corrected chi connectivity index (χ0v) is 15.8. The molecule has 0 spiro atoms. The van der Waals surface area contributed by atoms with Crippen molar-refractivity contribution in [3.8, 4) is 0 Å². The average molecular weight is 345 g/mol. The summed E-state index contributed by atoms with van der Waals surface area (Å²) < 4.78 is 0. The van der Waals surface area contributed by atoms with Crippen LogP contribution in [-0.2, 0) is 0 Å². The third-order valence-electron chi connectivity index (χ3n) is 5.76. The number of hydrogen-bond donors (Lipinski definition) is 0. The number of anilines is 1. The van der Waals surface area contributed by atoms with Crippen LogP contribution in [0.1, 0.15) is 55.3 Å². The highest BCUT2D eigenvalue weighted by atomic mass is 16.2. The second-order valence-electron chi connectivity index (χ2n) is 7.60. The van der Waals surface area contributed by atoms with E-state index in [-0.39, 0.29) is 5.91 Å². The molecule has 5 heteroatoms. The molecule has 1 amide bonds. The number of rotatable bonds is 6. The van der Waals surface area contributed by atoms with Crippen LogP contribution in [-0.4, -0.2) is 67.0 Å². The smallest absolute Gasteiger partial charge is 0.254 e. The van der Waals surface area contributed by atoms with Crippen LogP contribution in [0.4, 0.5) is 5.82 Å². The number of pyridine rings is 1. The minimum absolute atomic E-state index is 0.153. The monoisotopic (exact) mass is 344 g/mol. The summed E-state index contributed by atoms with van der Waals surface area (Å²) in [4.78, 5) is 23.8. The number of hydrogen-bond acceptors (Lipinski definition) is 4. The Kier molecular flexibility index (Phi) is 6.29. The first-order valence-corrected chi connectivity index (χ1v) is 9.82. The van der Waals surface area contributed by atoms with Crippen molar-refractivity contribution in [1.29, 1.82) is 0 Å². The molecule has 2 aliphatic rings. The van der Waals surface area contributed by atoms with E-state index >= 15 is 0 Å². The number of amides is 1. The Morgan fingerprint density at radius 3 is 2.56 bits per heavy atom. The predicted molar refractivity (Wildman–Crippen MR) is 102 cm³/mol. The molecule has 0 bridgehead atoms. The van der Waals surface area contributed by atoms with Gasteiger partial charge in [-0.15, -0.1) is 0 Å². The fourth-order valence-electron chi connectivity index (χ4n) is 3.99. The normalized spacial score (nSPS) is 18.8. The summed E-state index contributed by atoms with van der Waals surface area (Å²) in [7, 11) is 4.30. The predicted octanol–water partition coefficient (Wildman–Crippen LogP) is 3.02. The van der Waals surface area contributed by atoms with Gasteiger partial charge < -0.3 is 14.7 Å². The fourth-order valence-corrected chi connectivity index (χ4v) is 3.99. The molecule has 0 radical (unpaired) electrons. The molecule has 1 aliphatic carbocycles. The maximum atomic E-state index is 12.7. The Morgan fingerprint density at radius 2 is 1.84 bits per heavy atom. The van der Waals surface area contributed by atoms with Gasteiger partial charge in [-0.2, -0.15) is 0 Å². The topological polar surface area (TPSA) is 39.7 Å². The van der Waals surface area contributed by atoms with Gasteiger partial charge in [0.05, 0.1) is 0 Å². The molecule has 1 saturated carbocycles. The number of nitrogens with zero attached hydrogens (tertiary/aromatic N) is 4. The van der Waals surface area contributed by atoms with Crippen molar-refractivity contribution in [2.75, 3.05) is 45.2 Å². The lowest BCUT2D eigenvalue weighted by molar-refractivity contribution is 0.0724. The van der Waals surface area contributed by atoms with E-state index in [4.69, 9.17) is 0 Å². The Bertz CT molecular complexity index is 565. The van der Waals surface area contributed by atoms with Crippen molar-refractivity contribution >= 4 is 11.7 Å². The highest BCUT2D eigenvalue weighted by molar-refractivity contribution is 5.94. The molecular formula is C20H32N4O. The van der Waals surface area contributed by atoms with Gasteiger partial charge >= 0.3 is 0 Å². The molecule has 1 aliphatic heterocycles. The summed E-state index contributed by atoms with van der Waals surface area (Å²) in [6.45, 7) is 3.74. The van der Waals surface area contributed by atoms with E-state index in [1.165, 1.54) is 32.1 Å². The SMILES string of the molecule is CN(CCN(C)C1CCCC1)c1cc(C(=O)N2CCCCC2)ccn1. The van der Waals surface area contributed by atoms with Crippen molar-refractivity contribution in [1.82, 2.24) is 14.8 Å². The van der Waals surface area contributed by atoms with Crippen molar-refractivity contribution in [3.05, 3.63) is 23.9 Å².